The van der Waals surface area contributed by atoms with Gasteiger partial charge in [-0.05, 0) is 25.5 Å². The van der Waals surface area contributed by atoms with E-state index in [1.807, 2.05) is 31.3 Å². The summed E-state index contributed by atoms with van der Waals surface area (Å²) in [6, 6.07) is 5.74. The van der Waals surface area contributed by atoms with Crippen LogP contribution in [0.4, 0.5) is 11.4 Å². The molecule has 0 spiro atoms. The number of nitrogens with zero attached hydrogens (tertiary/aromatic N) is 1. The minimum Gasteiger partial charge on any atom is -0.491 e. The van der Waals surface area contributed by atoms with Crippen LogP contribution in [0.25, 0.3) is 0 Å². The summed E-state index contributed by atoms with van der Waals surface area (Å²) < 4.78 is 5.60. The average Bonchev–Trinajstić information content (AvgIpc) is 2.82. The SMILES string of the molecule is CCCOc1cc(NCc2cn[nH]c2C)ccc1N. The molecule has 0 fully saturated rings. The summed E-state index contributed by atoms with van der Waals surface area (Å²) in [5.41, 5.74) is 9.75. The molecule has 2 aromatic rings. The zero-order valence-electron chi connectivity index (χ0n) is 11.4. The van der Waals surface area contributed by atoms with E-state index in [4.69, 9.17) is 10.5 Å². The third kappa shape index (κ3) is 3.40. The van der Waals surface area contributed by atoms with Gasteiger partial charge in [0, 0.05) is 29.6 Å². The predicted octanol–water partition coefficient (Wildman–Crippen LogP) is 2.70. The highest BCUT2D eigenvalue weighted by molar-refractivity contribution is 5.61. The summed E-state index contributed by atoms with van der Waals surface area (Å²) in [7, 11) is 0. The first kappa shape index (κ1) is 13.3. The number of ether oxygens (including phenoxy) is 1. The number of aromatic nitrogens is 2. The van der Waals surface area contributed by atoms with Gasteiger partial charge in [-0.15, -0.1) is 0 Å². The molecule has 0 saturated carbocycles. The Hall–Kier alpha value is -2.17. The van der Waals surface area contributed by atoms with Gasteiger partial charge in [0.1, 0.15) is 5.75 Å². The first-order valence-electron chi connectivity index (χ1n) is 6.45. The molecule has 0 unspecified atom stereocenters. The van der Waals surface area contributed by atoms with Crippen LogP contribution in [0.1, 0.15) is 24.6 Å². The number of hydrogen-bond acceptors (Lipinski definition) is 4. The fourth-order valence-corrected chi connectivity index (χ4v) is 1.73. The van der Waals surface area contributed by atoms with Crippen molar-refractivity contribution in [3.8, 4) is 5.75 Å². The lowest BCUT2D eigenvalue weighted by atomic mass is 10.2. The number of anilines is 2. The van der Waals surface area contributed by atoms with Crippen molar-refractivity contribution in [1.82, 2.24) is 10.2 Å². The summed E-state index contributed by atoms with van der Waals surface area (Å²) in [6.07, 6.45) is 2.79. The molecule has 0 amide bonds. The van der Waals surface area contributed by atoms with Gasteiger partial charge >= 0.3 is 0 Å². The van der Waals surface area contributed by atoms with Crippen LogP contribution in [-0.4, -0.2) is 16.8 Å². The fraction of sp³-hybridized carbons (Fsp3) is 0.357. The van der Waals surface area contributed by atoms with Gasteiger partial charge in [-0.1, -0.05) is 6.92 Å². The van der Waals surface area contributed by atoms with E-state index in [-0.39, 0.29) is 0 Å². The van der Waals surface area contributed by atoms with Crippen LogP contribution in [0.15, 0.2) is 24.4 Å². The molecule has 1 aromatic carbocycles. The normalized spacial score (nSPS) is 10.4. The Balaban J connectivity index is 2.02. The standard InChI is InChI=1S/C14H20N4O/c1-3-6-19-14-7-12(4-5-13(14)15)16-8-11-9-17-18-10(11)2/h4-5,7,9,16H,3,6,8,15H2,1-2H3,(H,17,18). The maximum atomic E-state index is 5.88. The summed E-state index contributed by atoms with van der Waals surface area (Å²) in [5.74, 6) is 0.732. The Labute approximate surface area is 113 Å². The molecule has 0 bridgehead atoms. The lowest BCUT2D eigenvalue weighted by Crippen LogP contribution is -2.03. The zero-order valence-corrected chi connectivity index (χ0v) is 11.4. The van der Waals surface area contributed by atoms with Crippen molar-refractivity contribution in [2.24, 2.45) is 0 Å². The number of H-pyrrole nitrogens is 1. The molecule has 5 nitrogen and oxygen atoms in total. The number of nitrogen functional groups attached to an aromatic ring is 1. The maximum absolute atomic E-state index is 5.88. The summed E-state index contributed by atoms with van der Waals surface area (Å²) in [5, 5.41) is 10.3. The molecule has 0 aliphatic rings. The molecular weight excluding hydrogens is 240 g/mol. The Morgan fingerprint density at radius 1 is 1.42 bits per heavy atom. The smallest absolute Gasteiger partial charge is 0.144 e. The molecule has 19 heavy (non-hydrogen) atoms. The molecule has 0 radical (unpaired) electrons. The van der Waals surface area contributed by atoms with Crippen LogP contribution in [0, 0.1) is 6.92 Å². The van der Waals surface area contributed by atoms with Gasteiger partial charge < -0.3 is 15.8 Å². The summed E-state index contributed by atoms with van der Waals surface area (Å²) in [6.45, 7) is 5.47. The van der Waals surface area contributed by atoms with Crippen molar-refractivity contribution < 1.29 is 4.74 Å². The van der Waals surface area contributed by atoms with Crippen molar-refractivity contribution >= 4 is 11.4 Å². The van der Waals surface area contributed by atoms with E-state index in [1.165, 1.54) is 0 Å². The topological polar surface area (TPSA) is 76.0 Å². The van der Waals surface area contributed by atoms with Crippen LogP contribution in [-0.2, 0) is 6.54 Å². The van der Waals surface area contributed by atoms with E-state index in [0.717, 1.165) is 35.7 Å². The summed E-state index contributed by atoms with van der Waals surface area (Å²) in [4.78, 5) is 0. The average molecular weight is 260 g/mol. The second-order valence-corrected chi connectivity index (χ2v) is 4.47. The lowest BCUT2D eigenvalue weighted by Gasteiger charge is -2.11. The molecule has 0 atom stereocenters. The van der Waals surface area contributed by atoms with Crippen LogP contribution >= 0.6 is 0 Å². The number of aryl methyl sites for hydroxylation is 1. The Kier molecular flexibility index (Phi) is 4.28. The molecule has 1 aromatic heterocycles. The molecule has 2 rings (SSSR count). The predicted molar refractivity (Wildman–Crippen MR) is 77.3 cm³/mol. The van der Waals surface area contributed by atoms with Crippen LogP contribution < -0.4 is 15.8 Å². The molecule has 0 aliphatic heterocycles. The third-order valence-corrected chi connectivity index (χ3v) is 2.89. The van der Waals surface area contributed by atoms with Gasteiger partial charge in [0.25, 0.3) is 0 Å². The van der Waals surface area contributed by atoms with Crippen LogP contribution in [0.2, 0.25) is 0 Å². The van der Waals surface area contributed by atoms with Crippen molar-refractivity contribution in [2.75, 3.05) is 17.7 Å². The molecular formula is C14H20N4O. The fourth-order valence-electron chi connectivity index (χ4n) is 1.73. The van der Waals surface area contributed by atoms with E-state index in [9.17, 15) is 0 Å². The maximum Gasteiger partial charge on any atom is 0.144 e. The lowest BCUT2D eigenvalue weighted by molar-refractivity contribution is 0.319. The van der Waals surface area contributed by atoms with E-state index in [0.29, 0.717) is 12.3 Å². The first-order valence-corrected chi connectivity index (χ1v) is 6.45. The number of hydrogen-bond donors (Lipinski definition) is 3. The number of aromatic amines is 1. The minimum atomic E-state index is 0.665. The van der Waals surface area contributed by atoms with Gasteiger partial charge in [0.15, 0.2) is 0 Å². The quantitative estimate of drug-likeness (QED) is 0.698. The van der Waals surface area contributed by atoms with Crippen LogP contribution in [0.5, 0.6) is 5.75 Å². The van der Waals surface area contributed by atoms with E-state index >= 15 is 0 Å². The number of nitrogens with one attached hydrogen (secondary N) is 2. The van der Waals surface area contributed by atoms with Crippen molar-refractivity contribution in [1.29, 1.82) is 0 Å². The van der Waals surface area contributed by atoms with Gasteiger partial charge in [-0.3, -0.25) is 5.10 Å². The van der Waals surface area contributed by atoms with Gasteiger partial charge in [-0.25, -0.2) is 0 Å². The highest BCUT2D eigenvalue weighted by atomic mass is 16.5. The van der Waals surface area contributed by atoms with Gasteiger partial charge in [-0.2, -0.15) is 5.10 Å². The molecule has 0 saturated heterocycles. The Morgan fingerprint density at radius 2 is 2.26 bits per heavy atom. The van der Waals surface area contributed by atoms with E-state index in [1.54, 1.807) is 0 Å². The van der Waals surface area contributed by atoms with E-state index < -0.39 is 0 Å². The van der Waals surface area contributed by atoms with E-state index in [2.05, 4.69) is 22.4 Å². The van der Waals surface area contributed by atoms with Crippen molar-refractivity contribution in [2.45, 2.75) is 26.8 Å². The Bertz CT molecular complexity index is 536. The highest BCUT2D eigenvalue weighted by Gasteiger charge is 2.04. The largest absolute Gasteiger partial charge is 0.491 e. The van der Waals surface area contributed by atoms with Crippen LogP contribution in [0.3, 0.4) is 0 Å². The minimum absolute atomic E-state index is 0.665. The van der Waals surface area contributed by atoms with Gasteiger partial charge in [0.05, 0.1) is 18.5 Å². The van der Waals surface area contributed by atoms with Gasteiger partial charge in [0.2, 0.25) is 0 Å². The number of benzene rings is 1. The number of rotatable bonds is 6. The third-order valence-electron chi connectivity index (χ3n) is 2.89. The zero-order chi connectivity index (χ0) is 13.7. The summed E-state index contributed by atoms with van der Waals surface area (Å²) >= 11 is 0. The second kappa shape index (κ2) is 6.13. The molecule has 1 heterocycles. The van der Waals surface area contributed by atoms with Crippen molar-refractivity contribution in [3.63, 3.8) is 0 Å². The molecule has 0 aliphatic carbocycles. The second-order valence-electron chi connectivity index (χ2n) is 4.47. The van der Waals surface area contributed by atoms with Crippen molar-refractivity contribution in [3.05, 3.63) is 35.7 Å². The molecule has 4 N–H and O–H groups in total. The monoisotopic (exact) mass is 260 g/mol. The molecule has 102 valence electrons. The number of nitrogens with two attached hydrogens (primary N) is 1. The Morgan fingerprint density at radius 3 is 2.95 bits per heavy atom. The highest BCUT2D eigenvalue weighted by Crippen LogP contribution is 2.26. The first-order chi connectivity index (χ1) is 9.20. The molecule has 5 heteroatoms.